The average molecular weight is 444 g/mol. The maximum absolute atomic E-state index is 10.7. The Kier molecular flexibility index (Phi) is 17.9. The van der Waals surface area contributed by atoms with E-state index in [1.165, 1.54) is 20.8 Å². The van der Waals surface area contributed by atoms with E-state index in [2.05, 4.69) is 41.5 Å². The second-order valence-electron chi connectivity index (χ2n) is 6.30. The molecule has 0 fully saturated rings. The summed E-state index contributed by atoms with van der Waals surface area (Å²) in [4.78, 5) is 32.0. The molecule has 152 valence electrons. The van der Waals surface area contributed by atoms with Crippen LogP contribution in [-0.4, -0.2) is 30.6 Å². The van der Waals surface area contributed by atoms with Gasteiger partial charge < -0.3 is 0 Å². The Labute approximate surface area is 172 Å². The van der Waals surface area contributed by atoms with Gasteiger partial charge in [-0.15, -0.1) is 0 Å². The van der Waals surface area contributed by atoms with Crippen LogP contribution in [0.15, 0.2) is 0 Å². The number of rotatable bonds is 12. The third-order valence-electron chi connectivity index (χ3n) is 3.67. The van der Waals surface area contributed by atoms with E-state index in [0.717, 1.165) is 19.3 Å². The molecule has 0 aliphatic heterocycles. The van der Waals surface area contributed by atoms with E-state index in [0.29, 0.717) is 0 Å². The molecule has 8 heteroatoms. The van der Waals surface area contributed by atoms with E-state index in [4.69, 9.17) is 9.96 Å². The monoisotopic (exact) mass is 444 g/mol. The Bertz CT molecular complexity index is 368. The molecular formula is C18H36O6Ti2. The van der Waals surface area contributed by atoms with Gasteiger partial charge in [-0.2, -0.15) is 0 Å². The van der Waals surface area contributed by atoms with Gasteiger partial charge in [-0.25, -0.2) is 0 Å². The molecule has 0 N–H and O–H groups in total. The molecule has 3 unspecified atom stereocenters. The second kappa shape index (κ2) is 16.3. The molecule has 0 bridgehead atoms. The summed E-state index contributed by atoms with van der Waals surface area (Å²) in [6, 6.07) is 0. The van der Waals surface area contributed by atoms with E-state index in [-0.39, 0.29) is 30.6 Å². The van der Waals surface area contributed by atoms with Gasteiger partial charge in [0.05, 0.1) is 0 Å². The topological polar surface area (TPSA) is 78.9 Å². The molecular weight excluding hydrogens is 408 g/mol. The van der Waals surface area contributed by atoms with E-state index in [9.17, 15) is 14.4 Å². The van der Waals surface area contributed by atoms with Crippen molar-refractivity contribution in [1.82, 2.24) is 0 Å². The molecule has 0 radical (unpaired) electrons. The molecule has 0 heterocycles. The van der Waals surface area contributed by atoms with Gasteiger partial charge in [0.15, 0.2) is 0 Å². The van der Waals surface area contributed by atoms with Crippen molar-refractivity contribution in [3.05, 3.63) is 0 Å². The van der Waals surface area contributed by atoms with Crippen LogP contribution in [0.3, 0.4) is 0 Å². The Balaban J connectivity index is 0. The first-order valence-electron chi connectivity index (χ1n) is 9.26. The van der Waals surface area contributed by atoms with Gasteiger partial charge >= 0.3 is 173 Å². The summed E-state index contributed by atoms with van der Waals surface area (Å²) in [5.74, 6) is 0. The van der Waals surface area contributed by atoms with Crippen molar-refractivity contribution < 1.29 is 61.2 Å². The zero-order chi connectivity index (χ0) is 20.9. The van der Waals surface area contributed by atoms with Gasteiger partial charge in [0.2, 0.25) is 0 Å². The van der Waals surface area contributed by atoms with E-state index < -0.39 is 36.9 Å². The SMILES string of the molecule is CCC(C)[O][Ti]([O]C(C)CC)[O]C(C)CC.C[C](=O)[Ti]([C](C)=O)[C](C)=O. The van der Waals surface area contributed by atoms with Crippen LogP contribution in [0.25, 0.3) is 0 Å². The Hall–Kier alpha value is 0.319. The van der Waals surface area contributed by atoms with Crippen LogP contribution in [0.5, 0.6) is 0 Å². The minimum absolute atomic E-state index is 0.208. The van der Waals surface area contributed by atoms with Gasteiger partial charge in [-0.3, -0.25) is 0 Å². The molecule has 0 aromatic heterocycles. The van der Waals surface area contributed by atoms with Crippen molar-refractivity contribution in [1.29, 1.82) is 0 Å². The van der Waals surface area contributed by atoms with Crippen molar-refractivity contribution >= 4 is 12.3 Å². The van der Waals surface area contributed by atoms with Gasteiger partial charge in [-0.1, -0.05) is 0 Å². The van der Waals surface area contributed by atoms with Gasteiger partial charge in [-0.05, 0) is 0 Å². The van der Waals surface area contributed by atoms with E-state index in [1.54, 1.807) is 0 Å². The normalized spacial score (nSPS) is 13.7. The van der Waals surface area contributed by atoms with E-state index in [1.807, 2.05) is 0 Å². The van der Waals surface area contributed by atoms with Crippen molar-refractivity contribution in [2.24, 2.45) is 0 Å². The van der Waals surface area contributed by atoms with Crippen molar-refractivity contribution in [3.8, 4) is 0 Å². The van der Waals surface area contributed by atoms with Crippen molar-refractivity contribution in [2.45, 2.75) is 99.9 Å². The van der Waals surface area contributed by atoms with Crippen LogP contribution in [0.4, 0.5) is 0 Å². The summed E-state index contributed by atoms with van der Waals surface area (Å²) < 4.78 is 17.0. The molecule has 0 aliphatic rings. The summed E-state index contributed by atoms with van der Waals surface area (Å²) in [6.45, 7) is 16.5. The van der Waals surface area contributed by atoms with Crippen LogP contribution >= 0.6 is 0 Å². The predicted molar refractivity (Wildman–Crippen MR) is 94.6 cm³/mol. The Morgan fingerprint density at radius 2 is 0.885 bits per heavy atom. The first-order valence-corrected chi connectivity index (χ1v) is 13.5. The number of hydrogen-bond donors (Lipinski definition) is 0. The van der Waals surface area contributed by atoms with Crippen molar-refractivity contribution in [3.63, 3.8) is 0 Å². The third kappa shape index (κ3) is 14.4. The summed E-state index contributed by atoms with van der Waals surface area (Å²) >= 11 is -4.89. The summed E-state index contributed by atoms with van der Waals surface area (Å²) in [5.41, 5.74) is 0. The first-order chi connectivity index (χ1) is 12.0. The fourth-order valence-corrected chi connectivity index (χ4v) is 6.47. The zero-order valence-corrected chi connectivity index (χ0v) is 20.9. The van der Waals surface area contributed by atoms with Crippen LogP contribution in [0.1, 0.15) is 81.6 Å². The van der Waals surface area contributed by atoms with Crippen LogP contribution < -0.4 is 0 Å². The zero-order valence-electron chi connectivity index (χ0n) is 17.8. The van der Waals surface area contributed by atoms with Gasteiger partial charge in [0, 0.05) is 0 Å². The molecule has 0 aliphatic carbocycles. The van der Waals surface area contributed by atoms with Gasteiger partial charge in [0.25, 0.3) is 0 Å². The fourth-order valence-electron chi connectivity index (χ4n) is 1.57. The second-order valence-corrected chi connectivity index (χ2v) is 12.7. The van der Waals surface area contributed by atoms with Crippen LogP contribution in [-0.2, 0) is 61.2 Å². The fraction of sp³-hybridized carbons (Fsp3) is 0.833. The molecule has 3 atom stereocenters. The molecule has 0 spiro atoms. The molecule has 0 saturated heterocycles. The number of carbonyl (C=O) groups excluding carboxylic acids is 3. The Morgan fingerprint density at radius 1 is 0.654 bits per heavy atom. The number of carbonyl (C=O) groups is 3. The Morgan fingerprint density at radius 3 is 1.00 bits per heavy atom. The van der Waals surface area contributed by atoms with Crippen LogP contribution in [0.2, 0.25) is 0 Å². The predicted octanol–water partition coefficient (Wildman–Crippen LogP) is 4.04. The van der Waals surface area contributed by atoms with Gasteiger partial charge in [0.1, 0.15) is 0 Å². The summed E-state index contributed by atoms with van der Waals surface area (Å²) in [7, 11) is 0. The molecule has 26 heavy (non-hydrogen) atoms. The van der Waals surface area contributed by atoms with Crippen LogP contribution in [0, 0.1) is 0 Å². The third-order valence-corrected chi connectivity index (χ3v) is 9.76. The first kappa shape index (κ1) is 28.5. The van der Waals surface area contributed by atoms with Crippen molar-refractivity contribution in [2.75, 3.05) is 0 Å². The molecule has 0 rings (SSSR count). The van der Waals surface area contributed by atoms with E-state index >= 15 is 0 Å². The molecule has 0 aromatic carbocycles. The minimum atomic E-state index is -2.64. The molecule has 0 aromatic rings. The summed E-state index contributed by atoms with van der Waals surface area (Å²) in [6.07, 6.45) is 3.73. The molecule has 6 nitrogen and oxygen atoms in total. The number of hydrogen-bond acceptors (Lipinski definition) is 6. The molecule has 0 saturated carbocycles. The average Bonchev–Trinajstić information content (AvgIpc) is 2.53. The molecule has 0 amide bonds. The maximum atomic E-state index is 10.7. The quantitative estimate of drug-likeness (QED) is 0.423. The summed E-state index contributed by atoms with van der Waals surface area (Å²) in [5, 5.41) is 0. The standard InChI is InChI=1S/3C4H9O.3C2H3O.2Ti/c3*1-3-4(2)5;3*1-2-3;;/h3*4H,3H2,1-2H3;3*1H3;;/q3*-1;;;;;+3.